The molecule has 1 atom stereocenters. The number of unbranched alkanes of at least 4 members (excludes halogenated alkanes) is 6. The van der Waals surface area contributed by atoms with Crippen LogP contribution in [-0.2, 0) is 0 Å². The number of aliphatic hydroxyl groups is 1. The van der Waals surface area contributed by atoms with Gasteiger partial charge in [0.25, 0.3) is 0 Å². The first-order valence-electron chi connectivity index (χ1n) is 6.99. The molecule has 106 valence electrons. The molecule has 0 saturated carbocycles. The third kappa shape index (κ3) is 16.2. The summed E-state index contributed by atoms with van der Waals surface area (Å²) < 4.78 is 0. The molecule has 0 saturated heterocycles. The Morgan fingerprint density at radius 2 is 1.41 bits per heavy atom. The predicted octanol–water partition coefficient (Wildman–Crippen LogP) is 3.86. The van der Waals surface area contributed by atoms with Crippen molar-refractivity contribution < 1.29 is 5.11 Å². The number of nitrogens with zero attached hydrogens (tertiary/aromatic N) is 1. The Hall–Kier alpha value is 0.210. The van der Waals surface area contributed by atoms with E-state index in [1.807, 2.05) is 0 Å². The summed E-state index contributed by atoms with van der Waals surface area (Å²) in [4.78, 5) is 2.13. The van der Waals surface area contributed by atoms with E-state index < -0.39 is 0 Å². The molecule has 1 unspecified atom stereocenters. The van der Waals surface area contributed by atoms with Crippen molar-refractivity contribution in [3.8, 4) is 0 Å². The molecule has 0 aliphatic rings. The molecule has 0 bridgehead atoms. The Morgan fingerprint density at radius 1 is 0.882 bits per heavy atom. The van der Waals surface area contributed by atoms with E-state index in [1.54, 1.807) is 0 Å². The zero-order valence-corrected chi connectivity index (χ0v) is 12.8. The third-order valence-corrected chi connectivity index (χ3v) is 3.05. The molecular formula is C14H32ClNO. The largest absolute Gasteiger partial charge is 0.393 e. The van der Waals surface area contributed by atoms with Gasteiger partial charge in [-0.2, -0.15) is 0 Å². The quantitative estimate of drug-likeness (QED) is 0.574. The lowest BCUT2D eigenvalue weighted by molar-refractivity contribution is 0.139. The summed E-state index contributed by atoms with van der Waals surface area (Å²) in [5.74, 6) is 0. The van der Waals surface area contributed by atoms with E-state index in [0.717, 1.165) is 19.4 Å². The topological polar surface area (TPSA) is 23.5 Å². The van der Waals surface area contributed by atoms with Crippen LogP contribution in [-0.4, -0.2) is 36.8 Å². The maximum Gasteiger partial charge on any atom is 0.0552 e. The van der Waals surface area contributed by atoms with E-state index >= 15 is 0 Å². The van der Waals surface area contributed by atoms with Crippen LogP contribution in [0.4, 0.5) is 0 Å². The molecule has 2 nitrogen and oxygen atoms in total. The molecule has 1 N–H and O–H groups in total. The molecule has 3 heteroatoms. The molecule has 0 aromatic heterocycles. The van der Waals surface area contributed by atoms with Gasteiger partial charge in [0.2, 0.25) is 0 Å². The monoisotopic (exact) mass is 265 g/mol. The number of hydrogen-bond acceptors (Lipinski definition) is 2. The van der Waals surface area contributed by atoms with Gasteiger partial charge in [-0.1, -0.05) is 51.9 Å². The SMILES string of the molecule is CCCCCCCCCC(O)CCN(C)C.Cl. The minimum atomic E-state index is -0.0851. The number of rotatable bonds is 11. The summed E-state index contributed by atoms with van der Waals surface area (Å²) in [5.41, 5.74) is 0. The van der Waals surface area contributed by atoms with E-state index in [0.29, 0.717) is 0 Å². The summed E-state index contributed by atoms with van der Waals surface area (Å²) in [6, 6.07) is 0. The first-order valence-corrected chi connectivity index (χ1v) is 6.99. The second-order valence-corrected chi connectivity index (χ2v) is 5.16. The zero-order valence-electron chi connectivity index (χ0n) is 12.0. The van der Waals surface area contributed by atoms with Crippen molar-refractivity contribution in [2.45, 2.75) is 70.8 Å². The second kappa shape index (κ2) is 14.3. The summed E-state index contributed by atoms with van der Waals surface area (Å²) in [7, 11) is 4.11. The van der Waals surface area contributed by atoms with Crippen molar-refractivity contribution in [1.29, 1.82) is 0 Å². The van der Waals surface area contributed by atoms with Gasteiger partial charge in [0.1, 0.15) is 0 Å². The van der Waals surface area contributed by atoms with Crippen LogP contribution in [0.3, 0.4) is 0 Å². The summed E-state index contributed by atoms with van der Waals surface area (Å²) in [6.07, 6.45) is 11.1. The first-order chi connectivity index (χ1) is 7.66. The molecule has 0 spiro atoms. The molecule has 0 radical (unpaired) electrons. The summed E-state index contributed by atoms with van der Waals surface area (Å²) >= 11 is 0. The van der Waals surface area contributed by atoms with Gasteiger partial charge in [-0.3, -0.25) is 0 Å². The molecule has 17 heavy (non-hydrogen) atoms. The van der Waals surface area contributed by atoms with Crippen LogP contribution in [0.2, 0.25) is 0 Å². The van der Waals surface area contributed by atoms with Crippen LogP contribution in [0.1, 0.15) is 64.7 Å². The van der Waals surface area contributed by atoms with Gasteiger partial charge in [0, 0.05) is 0 Å². The Morgan fingerprint density at radius 3 is 1.94 bits per heavy atom. The van der Waals surface area contributed by atoms with Crippen LogP contribution >= 0.6 is 12.4 Å². The highest BCUT2D eigenvalue weighted by Gasteiger charge is 2.03. The average Bonchev–Trinajstić information content (AvgIpc) is 2.25. The average molecular weight is 266 g/mol. The van der Waals surface area contributed by atoms with Gasteiger partial charge in [0.05, 0.1) is 6.10 Å². The summed E-state index contributed by atoms with van der Waals surface area (Å²) in [6.45, 7) is 3.25. The molecule has 0 heterocycles. The van der Waals surface area contributed by atoms with Crippen molar-refractivity contribution in [2.75, 3.05) is 20.6 Å². The third-order valence-electron chi connectivity index (χ3n) is 3.05. The fourth-order valence-electron chi connectivity index (χ4n) is 1.89. The van der Waals surface area contributed by atoms with Crippen molar-refractivity contribution in [1.82, 2.24) is 4.90 Å². The Labute approximate surface area is 114 Å². The fraction of sp³-hybridized carbons (Fsp3) is 1.00. The molecular weight excluding hydrogens is 234 g/mol. The first kappa shape index (κ1) is 19.5. The molecule has 0 aromatic rings. The standard InChI is InChI=1S/C14H31NO.ClH/c1-4-5-6-7-8-9-10-11-14(16)12-13-15(2)3;/h14,16H,4-13H2,1-3H3;1H. The molecule has 0 aliphatic carbocycles. The smallest absolute Gasteiger partial charge is 0.0552 e. The second-order valence-electron chi connectivity index (χ2n) is 5.16. The van der Waals surface area contributed by atoms with Crippen molar-refractivity contribution >= 4 is 12.4 Å². The molecule has 0 rings (SSSR count). The number of hydrogen-bond donors (Lipinski definition) is 1. The lowest BCUT2D eigenvalue weighted by Crippen LogP contribution is -2.19. The van der Waals surface area contributed by atoms with Gasteiger partial charge in [-0.25, -0.2) is 0 Å². The van der Waals surface area contributed by atoms with Gasteiger partial charge in [-0.15, -0.1) is 12.4 Å². The molecule has 0 aliphatic heterocycles. The van der Waals surface area contributed by atoms with E-state index in [9.17, 15) is 5.11 Å². The maximum absolute atomic E-state index is 9.71. The fourth-order valence-corrected chi connectivity index (χ4v) is 1.89. The van der Waals surface area contributed by atoms with Gasteiger partial charge < -0.3 is 10.0 Å². The van der Waals surface area contributed by atoms with Gasteiger partial charge in [-0.05, 0) is 33.5 Å². The Kier molecular flexibility index (Phi) is 16.4. The van der Waals surface area contributed by atoms with Crippen molar-refractivity contribution in [3.63, 3.8) is 0 Å². The van der Waals surface area contributed by atoms with Crippen LogP contribution in [0.15, 0.2) is 0 Å². The van der Waals surface area contributed by atoms with Gasteiger partial charge in [0.15, 0.2) is 0 Å². The molecule has 0 aromatic carbocycles. The van der Waals surface area contributed by atoms with Crippen LogP contribution in [0.5, 0.6) is 0 Å². The van der Waals surface area contributed by atoms with Crippen LogP contribution in [0, 0.1) is 0 Å². The normalized spacial score (nSPS) is 12.5. The van der Waals surface area contributed by atoms with E-state index in [-0.39, 0.29) is 18.5 Å². The minimum absolute atomic E-state index is 0. The lowest BCUT2D eigenvalue weighted by Gasteiger charge is -2.14. The molecule has 0 fully saturated rings. The highest BCUT2D eigenvalue weighted by Crippen LogP contribution is 2.10. The predicted molar refractivity (Wildman–Crippen MR) is 79.0 cm³/mol. The van der Waals surface area contributed by atoms with E-state index in [4.69, 9.17) is 0 Å². The number of aliphatic hydroxyl groups excluding tert-OH is 1. The Balaban J connectivity index is 0. The zero-order chi connectivity index (χ0) is 12.2. The lowest BCUT2D eigenvalue weighted by atomic mass is 10.0. The van der Waals surface area contributed by atoms with Crippen LogP contribution in [0.25, 0.3) is 0 Å². The van der Waals surface area contributed by atoms with Crippen LogP contribution < -0.4 is 0 Å². The summed E-state index contributed by atoms with van der Waals surface area (Å²) in [5, 5.41) is 9.71. The van der Waals surface area contributed by atoms with Crippen molar-refractivity contribution in [2.24, 2.45) is 0 Å². The van der Waals surface area contributed by atoms with Crippen molar-refractivity contribution in [3.05, 3.63) is 0 Å². The van der Waals surface area contributed by atoms with E-state index in [2.05, 4.69) is 25.9 Å². The maximum atomic E-state index is 9.71. The molecule has 0 amide bonds. The highest BCUT2D eigenvalue weighted by molar-refractivity contribution is 5.85. The number of halogens is 1. The minimum Gasteiger partial charge on any atom is -0.393 e. The highest BCUT2D eigenvalue weighted by atomic mass is 35.5. The van der Waals surface area contributed by atoms with E-state index in [1.165, 1.54) is 44.9 Å². The van der Waals surface area contributed by atoms with Gasteiger partial charge >= 0.3 is 0 Å². The Bertz CT molecular complexity index is 142.